The van der Waals surface area contributed by atoms with E-state index >= 15 is 0 Å². The van der Waals surface area contributed by atoms with E-state index in [0.29, 0.717) is 34.7 Å². The van der Waals surface area contributed by atoms with Gasteiger partial charge >= 0.3 is 0 Å². The van der Waals surface area contributed by atoms with Crippen molar-refractivity contribution in [3.8, 4) is 11.3 Å². The van der Waals surface area contributed by atoms with E-state index in [2.05, 4.69) is 13.2 Å². The predicted octanol–water partition coefficient (Wildman–Crippen LogP) is 4.85. The SMILES string of the molecule is [2H]c1cc2oc(-c3ccc(C)cc3)c(C(=O)NC)c2cc1C1CCCC(B)C1. The summed E-state index contributed by atoms with van der Waals surface area (Å²) in [5, 5.41) is 3.56. The van der Waals surface area contributed by atoms with Crippen LogP contribution < -0.4 is 5.32 Å². The summed E-state index contributed by atoms with van der Waals surface area (Å²) < 4.78 is 14.7. The highest BCUT2D eigenvalue weighted by Gasteiger charge is 2.24. The van der Waals surface area contributed by atoms with Crippen LogP contribution in [-0.2, 0) is 0 Å². The molecule has 1 saturated carbocycles. The Balaban J connectivity index is 1.89. The number of furan rings is 1. The molecule has 1 aliphatic carbocycles. The third-order valence-electron chi connectivity index (χ3n) is 5.79. The lowest BCUT2D eigenvalue weighted by molar-refractivity contribution is 0.0964. The van der Waals surface area contributed by atoms with Gasteiger partial charge in [0.25, 0.3) is 5.91 Å². The smallest absolute Gasteiger partial charge is 0.255 e. The van der Waals surface area contributed by atoms with Crippen LogP contribution in [0.1, 0.15) is 54.5 Å². The van der Waals surface area contributed by atoms with Crippen LogP contribution in [0.2, 0.25) is 5.82 Å². The lowest BCUT2D eigenvalue weighted by atomic mass is 9.69. The summed E-state index contributed by atoms with van der Waals surface area (Å²) in [4.78, 5) is 12.8. The first-order valence-corrected chi connectivity index (χ1v) is 9.84. The maximum Gasteiger partial charge on any atom is 0.255 e. The second-order valence-electron chi connectivity index (χ2n) is 7.89. The van der Waals surface area contributed by atoms with Gasteiger partial charge in [0.2, 0.25) is 0 Å². The van der Waals surface area contributed by atoms with E-state index in [4.69, 9.17) is 5.79 Å². The van der Waals surface area contributed by atoms with E-state index in [-0.39, 0.29) is 5.91 Å². The first kappa shape index (κ1) is 16.7. The molecule has 138 valence electrons. The lowest BCUT2D eigenvalue weighted by Gasteiger charge is -2.27. The largest absolute Gasteiger partial charge is 0.455 e. The summed E-state index contributed by atoms with van der Waals surface area (Å²) in [5.41, 5.74) is 4.24. The Morgan fingerprint density at radius 2 is 2.04 bits per heavy atom. The van der Waals surface area contributed by atoms with Crippen LogP contribution >= 0.6 is 0 Å². The molecule has 0 spiro atoms. The van der Waals surface area contributed by atoms with Crippen molar-refractivity contribution in [3.05, 3.63) is 59.1 Å². The van der Waals surface area contributed by atoms with Crippen LogP contribution in [0.5, 0.6) is 0 Å². The average Bonchev–Trinajstić information content (AvgIpc) is 3.05. The summed E-state index contributed by atoms with van der Waals surface area (Å²) in [6, 6.07) is 12.3. The minimum atomic E-state index is -0.157. The summed E-state index contributed by atoms with van der Waals surface area (Å²) in [7, 11) is 3.93. The maximum atomic E-state index is 12.8. The molecule has 27 heavy (non-hydrogen) atoms. The van der Waals surface area contributed by atoms with Gasteiger partial charge in [0.15, 0.2) is 0 Å². The van der Waals surface area contributed by atoms with Crippen molar-refractivity contribution in [2.45, 2.75) is 44.3 Å². The highest BCUT2D eigenvalue weighted by atomic mass is 16.3. The lowest BCUT2D eigenvalue weighted by Crippen LogP contribution is -2.18. The van der Waals surface area contributed by atoms with Crippen LogP contribution in [-0.4, -0.2) is 20.8 Å². The Labute approximate surface area is 163 Å². The number of carbonyl (C=O) groups excluding carboxylic acids is 1. The summed E-state index contributed by atoms with van der Waals surface area (Å²) in [6.07, 6.45) is 4.68. The molecule has 3 nitrogen and oxygen atoms in total. The van der Waals surface area contributed by atoms with Crippen LogP contribution in [0.3, 0.4) is 0 Å². The van der Waals surface area contributed by atoms with Crippen molar-refractivity contribution in [3.63, 3.8) is 0 Å². The molecule has 4 heteroatoms. The molecule has 1 aliphatic rings. The Hall–Kier alpha value is -2.49. The van der Waals surface area contributed by atoms with Gasteiger partial charge in [-0.15, -0.1) is 0 Å². The molecule has 1 amide bonds. The van der Waals surface area contributed by atoms with Crippen molar-refractivity contribution in [2.75, 3.05) is 7.05 Å². The minimum Gasteiger partial charge on any atom is -0.455 e. The molecule has 0 radical (unpaired) electrons. The van der Waals surface area contributed by atoms with Gasteiger partial charge in [0.1, 0.15) is 19.2 Å². The molecule has 2 aromatic carbocycles. The second-order valence-corrected chi connectivity index (χ2v) is 7.89. The van der Waals surface area contributed by atoms with Crippen molar-refractivity contribution in [2.24, 2.45) is 0 Å². The summed E-state index contributed by atoms with van der Waals surface area (Å²) in [6.45, 7) is 2.03. The average molecular weight is 360 g/mol. The van der Waals surface area contributed by atoms with Gasteiger partial charge in [-0.25, -0.2) is 0 Å². The van der Waals surface area contributed by atoms with Crippen molar-refractivity contribution in [1.29, 1.82) is 0 Å². The Morgan fingerprint density at radius 1 is 1.26 bits per heavy atom. The molecule has 0 saturated heterocycles. The van der Waals surface area contributed by atoms with Gasteiger partial charge < -0.3 is 9.73 Å². The minimum absolute atomic E-state index is 0.157. The third-order valence-corrected chi connectivity index (χ3v) is 5.79. The molecular formula is C23H26BNO2. The molecule has 2 unspecified atom stereocenters. The molecule has 1 N–H and O–H groups in total. The number of rotatable bonds is 3. The van der Waals surface area contributed by atoms with Gasteiger partial charge in [-0.1, -0.05) is 61.0 Å². The zero-order chi connectivity index (χ0) is 19.8. The van der Waals surface area contributed by atoms with Crippen LogP contribution in [0, 0.1) is 6.92 Å². The third kappa shape index (κ3) is 3.41. The monoisotopic (exact) mass is 360 g/mol. The van der Waals surface area contributed by atoms with E-state index in [0.717, 1.165) is 34.9 Å². The van der Waals surface area contributed by atoms with E-state index in [1.165, 1.54) is 12.8 Å². The molecule has 1 fully saturated rings. The number of aryl methyl sites for hydroxylation is 1. The fraction of sp³-hybridized carbons (Fsp3) is 0.348. The zero-order valence-corrected chi connectivity index (χ0v) is 16.3. The standard InChI is InChI=1S/C23H26BNO2/c1-14-6-8-15(9-7-14)22-21(23(26)25-2)19-13-17(10-11-20(19)27-22)16-4-3-5-18(24)12-16/h6-11,13,16,18H,3-5,12,24H2,1-2H3,(H,25,26)/i10D. The number of hydrogen-bond donors (Lipinski definition) is 1. The van der Waals surface area contributed by atoms with Gasteiger partial charge in [0, 0.05) is 18.0 Å². The molecule has 4 rings (SSSR count). The number of fused-ring (bicyclic) bond motifs is 1. The van der Waals surface area contributed by atoms with Gasteiger partial charge in [0.05, 0.1) is 6.93 Å². The molecule has 2 atom stereocenters. The fourth-order valence-corrected chi connectivity index (χ4v) is 4.27. The molecule has 1 aromatic heterocycles. The van der Waals surface area contributed by atoms with Gasteiger partial charge in [-0.2, -0.15) is 0 Å². The van der Waals surface area contributed by atoms with E-state index in [1.807, 2.05) is 37.3 Å². The number of nitrogens with one attached hydrogen (secondary N) is 1. The van der Waals surface area contributed by atoms with Gasteiger partial charge in [-0.05, 0) is 37.0 Å². The van der Waals surface area contributed by atoms with E-state index in [1.54, 1.807) is 13.1 Å². The summed E-state index contributed by atoms with van der Waals surface area (Å²) in [5.74, 6) is 1.48. The number of amides is 1. The molecule has 3 aromatic rings. The van der Waals surface area contributed by atoms with Crippen molar-refractivity contribution >= 4 is 24.7 Å². The predicted molar refractivity (Wildman–Crippen MR) is 113 cm³/mol. The van der Waals surface area contributed by atoms with E-state index < -0.39 is 0 Å². The Kier molecular flexibility index (Phi) is 4.48. The first-order chi connectivity index (χ1) is 13.5. The molecule has 0 bridgehead atoms. The topological polar surface area (TPSA) is 42.2 Å². The quantitative estimate of drug-likeness (QED) is 0.679. The second kappa shape index (κ2) is 7.26. The van der Waals surface area contributed by atoms with Crippen LogP contribution in [0.25, 0.3) is 22.3 Å². The maximum absolute atomic E-state index is 12.8. The molecule has 1 heterocycles. The zero-order valence-electron chi connectivity index (χ0n) is 17.3. The number of carbonyl (C=O) groups is 1. The van der Waals surface area contributed by atoms with Crippen molar-refractivity contribution in [1.82, 2.24) is 5.32 Å². The molecular weight excluding hydrogens is 333 g/mol. The first-order valence-electron chi connectivity index (χ1n) is 10.3. The van der Waals surface area contributed by atoms with Crippen LogP contribution in [0.15, 0.2) is 46.9 Å². The van der Waals surface area contributed by atoms with Crippen molar-refractivity contribution < 1.29 is 10.6 Å². The van der Waals surface area contributed by atoms with E-state index in [9.17, 15) is 4.79 Å². The van der Waals surface area contributed by atoms with Crippen LogP contribution in [0.4, 0.5) is 0 Å². The number of hydrogen-bond acceptors (Lipinski definition) is 2. The Morgan fingerprint density at radius 3 is 2.74 bits per heavy atom. The fourth-order valence-electron chi connectivity index (χ4n) is 4.27. The van der Waals surface area contributed by atoms with Gasteiger partial charge in [-0.3, -0.25) is 4.79 Å². The highest BCUT2D eigenvalue weighted by molar-refractivity contribution is 6.12. The Bertz CT molecular complexity index is 1030. The normalized spacial score (nSPS) is 20.4. The molecule has 0 aliphatic heterocycles. The summed E-state index contributed by atoms with van der Waals surface area (Å²) >= 11 is 0. The highest BCUT2D eigenvalue weighted by Crippen LogP contribution is 2.40. The number of benzene rings is 2.